The van der Waals surface area contributed by atoms with Gasteiger partial charge < -0.3 is 9.64 Å². The molecule has 0 aliphatic carbocycles. The first kappa shape index (κ1) is 17.8. The van der Waals surface area contributed by atoms with E-state index in [1.807, 2.05) is 61.5 Å². The Labute approximate surface area is 144 Å². The molecule has 0 heterocycles. The van der Waals surface area contributed by atoms with Crippen molar-refractivity contribution in [2.75, 3.05) is 18.1 Å². The zero-order chi connectivity index (χ0) is 17.2. The largest absolute Gasteiger partial charge is 0.382 e. The van der Waals surface area contributed by atoms with E-state index in [9.17, 15) is 4.79 Å². The van der Waals surface area contributed by atoms with Crippen LogP contribution in [0.25, 0.3) is 0 Å². The molecule has 124 valence electrons. The van der Waals surface area contributed by atoms with Gasteiger partial charge in [0.25, 0.3) is 0 Å². The Kier molecular flexibility index (Phi) is 7.07. The van der Waals surface area contributed by atoms with Crippen LogP contribution in [0.5, 0.6) is 0 Å². The summed E-state index contributed by atoms with van der Waals surface area (Å²) in [5.74, 6) is 2.70. The van der Waals surface area contributed by atoms with Crippen LogP contribution < -0.4 is 4.90 Å². The highest BCUT2D eigenvalue weighted by atomic mass is 16.5. The highest BCUT2D eigenvalue weighted by Gasteiger charge is 2.16. The average Bonchev–Trinajstić information content (AvgIpc) is 2.64. The van der Waals surface area contributed by atoms with Crippen molar-refractivity contribution in [2.45, 2.75) is 26.3 Å². The van der Waals surface area contributed by atoms with Gasteiger partial charge in [0.1, 0.15) is 0 Å². The fourth-order valence-electron chi connectivity index (χ4n) is 2.46. The van der Waals surface area contributed by atoms with Crippen LogP contribution in [0.3, 0.4) is 0 Å². The molecule has 3 nitrogen and oxygen atoms in total. The summed E-state index contributed by atoms with van der Waals surface area (Å²) in [4.78, 5) is 14.5. The molecule has 0 unspecified atom stereocenters. The predicted molar refractivity (Wildman–Crippen MR) is 97.7 cm³/mol. The van der Waals surface area contributed by atoms with Crippen molar-refractivity contribution in [3.8, 4) is 12.3 Å². The molecule has 0 bridgehead atoms. The van der Waals surface area contributed by atoms with E-state index in [1.165, 1.54) is 0 Å². The van der Waals surface area contributed by atoms with E-state index >= 15 is 0 Å². The number of amides is 1. The molecule has 3 heteroatoms. The van der Waals surface area contributed by atoms with Gasteiger partial charge >= 0.3 is 0 Å². The third-order valence-corrected chi connectivity index (χ3v) is 3.69. The summed E-state index contributed by atoms with van der Waals surface area (Å²) in [6, 6.07) is 17.5. The minimum absolute atomic E-state index is 0.0766. The second kappa shape index (κ2) is 9.54. The van der Waals surface area contributed by atoms with Gasteiger partial charge in [0.2, 0.25) is 5.91 Å². The number of rotatable bonds is 8. The lowest BCUT2D eigenvalue weighted by atomic mass is 10.1. The van der Waals surface area contributed by atoms with Gasteiger partial charge in [-0.2, -0.15) is 0 Å². The normalized spacial score (nSPS) is 10.2. The van der Waals surface area contributed by atoms with Crippen LogP contribution in [-0.4, -0.2) is 19.1 Å². The van der Waals surface area contributed by atoms with Crippen molar-refractivity contribution in [1.29, 1.82) is 0 Å². The summed E-state index contributed by atoms with van der Waals surface area (Å²) in [5.41, 5.74) is 2.69. The summed E-state index contributed by atoms with van der Waals surface area (Å²) >= 11 is 0. The number of benzene rings is 2. The topological polar surface area (TPSA) is 29.5 Å². The smallest absolute Gasteiger partial charge is 0.227 e. The van der Waals surface area contributed by atoms with Crippen LogP contribution >= 0.6 is 0 Å². The molecule has 0 radical (unpaired) electrons. The lowest BCUT2D eigenvalue weighted by Gasteiger charge is -2.23. The number of hydrogen-bond donors (Lipinski definition) is 0. The van der Waals surface area contributed by atoms with Crippen molar-refractivity contribution < 1.29 is 9.53 Å². The Hall–Kier alpha value is -2.57. The van der Waals surface area contributed by atoms with Crippen molar-refractivity contribution >= 4 is 11.6 Å². The van der Waals surface area contributed by atoms with Crippen molar-refractivity contribution in [3.05, 3.63) is 65.7 Å². The van der Waals surface area contributed by atoms with E-state index in [1.54, 1.807) is 4.90 Å². The van der Waals surface area contributed by atoms with Gasteiger partial charge in [-0.15, -0.1) is 6.42 Å². The molecule has 0 spiro atoms. The van der Waals surface area contributed by atoms with E-state index < -0.39 is 0 Å². The third kappa shape index (κ3) is 5.26. The molecule has 0 aromatic heterocycles. The lowest BCUT2D eigenvalue weighted by Crippen LogP contribution is -2.30. The maximum absolute atomic E-state index is 12.7. The van der Waals surface area contributed by atoms with E-state index in [2.05, 4.69) is 5.92 Å². The van der Waals surface area contributed by atoms with E-state index in [-0.39, 0.29) is 5.91 Å². The first-order valence-corrected chi connectivity index (χ1v) is 8.23. The monoisotopic (exact) mass is 321 g/mol. The molecule has 0 saturated carbocycles. The molecule has 1 amide bonds. The maximum atomic E-state index is 12.7. The summed E-state index contributed by atoms with van der Waals surface area (Å²) < 4.78 is 5.33. The molecule has 0 aliphatic rings. The van der Waals surface area contributed by atoms with Crippen LogP contribution in [0.4, 0.5) is 5.69 Å². The SMILES string of the molecule is C#Cc1cccc(N(Cc2ccccc2)C(=O)CCCOCC)c1. The molecule has 0 aliphatic heterocycles. The summed E-state index contributed by atoms with van der Waals surface area (Å²) in [7, 11) is 0. The summed E-state index contributed by atoms with van der Waals surface area (Å²) in [6.45, 7) is 3.76. The second-order valence-corrected chi connectivity index (χ2v) is 5.46. The molecule has 24 heavy (non-hydrogen) atoms. The Morgan fingerprint density at radius 3 is 2.67 bits per heavy atom. The van der Waals surface area contributed by atoms with Gasteiger partial charge in [-0.05, 0) is 37.1 Å². The Morgan fingerprint density at radius 1 is 1.17 bits per heavy atom. The number of ether oxygens (including phenoxy) is 1. The Balaban J connectivity index is 2.17. The molecular weight excluding hydrogens is 298 g/mol. The first-order chi connectivity index (χ1) is 11.7. The zero-order valence-corrected chi connectivity index (χ0v) is 14.1. The van der Waals surface area contributed by atoms with Crippen LogP contribution in [-0.2, 0) is 16.1 Å². The molecule has 2 aromatic rings. The maximum Gasteiger partial charge on any atom is 0.227 e. The van der Waals surface area contributed by atoms with E-state index in [0.717, 1.165) is 16.8 Å². The van der Waals surface area contributed by atoms with E-state index in [4.69, 9.17) is 11.2 Å². The number of carbonyl (C=O) groups excluding carboxylic acids is 1. The van der Waals surface area contributed by atoms with Crippen LogP contribution in [0.1, 0.15) is 30.9 Å². The highest BCUT2D eigenvalue weighted by molar-refractivity contribution is 5.93. The van der Waals surface area contributed by atoms with Crippen LogP contribution in [0.2, 0.25) is 0 Å². The number of anilines is 1. The number of carbonyl (C=O) groups is 1. The average molecular weight is 321 g/mol. The van der Waals surface area contributed by atoms with Crippen molar-refractivity contribution in [2.24, 2.45) is 0 Å². The first-order valence-electron chi connectivity index (χ1n) is 8.23. The van der Waals surface area contributed by atoms with Crippen LogP contribution in [0.15, 0.2) is 54.6 Å². The Morgan fingerprint density at radius 2 is 1.96 bits per heavy atom. The van der Waals surface area contributed by atoms with Gasteiger partial charge in [0.15, 0.2) is 0 Å². The molecule has 2 aromatic carbocycles. The molecule has 0 N–H and O–H groups in total. The van der Waals surface area contributed by atoms with Gasteiger partial charge in [0.05, 0.1) is 6.54 Å². The van der Waals surface area contributed by atoms with Gasteiger partial charge in [-0.3, -0.25) is 4.79 Å². The number of hydrogen-bond acceptors (Lipinski definition) is 2. The standard InChI is InChI=1S/C21H23NO2/c1-3-18-12-8-13-20(16-18)22(17-19-10-6-5-7-11-19)21(23)14-9-15-24-4-2/h1,5-8,10-13,16H,4,9,14-15,17H2,2H3. The zero-order valence-electron chi connectivity index (χ0n) is 14.1. The fraction of sp³-hybridized carbons (Fsp3) is 0.286. The quantitative estimate of drug-likeness (QED) is 0.543. The van der Waals surface area contributed by atoms with Crippen molar-refractivity contribution in [3.63, 3.8) is 0 Å². The van der Waals surface area contributed by atoms with Gasteiger partial charge in [-0.25, -0.2) is 0 Å². The molecular formula is C21H23NO2. The van der Waals surface area contributed by atoms with Crippen LogP contribution in [0, 0.1) is 12.3 Å². The summed E-state index contributed by atoms with van der Waals surface area (Å²) in [5, 5.41) is 0. The van der Waals surface area contributed by atoms with Gasteiger partial charge in [0, 0.05) is 30.9 Å². The Bertz CT molecular complexity index is 688. The summed E-state index contributed by atoms with van der Waals surface area (Å²) in [6.07, 6.45) is 6.66. The molecule has 2 rings (SSSR count). The van der Waals surface area contributed by atoms with Gasteiger partial charge in [-0.1, -0.05) is 42.3 Å². The van der Waals surface area contributed by atoms with E-state index in [0.29, 0.717) is 32.6 Å². The molecule has 0 atom stereocenters. The predicted octanol–water partition coefficient (Wildman–Crippen LogP) is 4.02. The molecule has 0 saturated heterocycles. The highest BCUT2D eigenvalue weighted by Crippen LogP contribution is 2.20. The second-order valence-electron chi connectivity index (χ2n) is 5.46. The number of terminal acetylenes is 1. The minimum atomic E-state index is 0.0766. The third-order valence-electron chi connectivity index (χ3n) is 3.69. The molecule has 0 fully saturated rings. The lowest BCUT2D eigenvalue weighted by molar-refractivity contribution is -0.119. The minimum Gasteiger partial charge on any atom is -0.382 e. The van der Waals surface area contributed by atoms with Crippen molar-refractivity contribution in [1.82, 2.24) is 0 Å². The fourth-order valence-corrected chi connectivity index (χ4v) is 2.46. The number of nitrogens with zero attached hydrogens (tertiary/aromatic N) is 1.